The first kappa shape index (κ1) is 18.3. The highest BCUT2D eigenvalue weighted by atomic mass is 19.1. The van der Waals surface area contributed by atoms with Crippen LogP contribution in [0.15, 0.2) is 42.5 Å². The molecule has 2 aromatic rings. The lowest BCUT2D eigenvalue weighted by Gasteiger charge is -2.14. The number of rotatable bonds is 9. The summed E-state index contributed by atoms with van der Waals surface area (Å²) in [7, 11) is 4.16. The van der Waals surface area contributed by atoms with Gasteiger partial charge in [-0.25, -0.2) is 4.39 Å². The molecule has 2 rings (SSSR count). The van der Waals surface area contributed by atoms with Gasteiger partial charge in [0.2, 0.25) is 0 Å². The summed E-state index contributed by atoms with van der Waals surface area (Å²) in [5.74, 6) is 1.25. The molecule has 4 heteroatoms. The van der Waals surface area contributed by atoms with Crippen molar-refractivity contribution in [3.63, 3.8) is 0 Å². The monoisotopic (exact) mass is 331 g/mol. The van der Waals surface area contributed by atoms with E-state index in [2.05, 4.69) is 31.1 Å². The Hall–Kier alpha value is -2.07. The zero-order valence-corrected chi connectivity index (χ0v) is 14.7. The Morgan fingerprint density at radius 2 is 1.62 bits per heavy atom. The Morgan fingerprint density at radius 3 is 2.29 bits per heavy atom. The smallest absolute Gasteiger partial charge is 0.161 e. The first-order valence-corrected chi connectivity index (χ1v) is 8.36. The summed E-state index contributed by atoms with van der Waals surface area (Å²) in [6.07, 6.45) is 2.12. The molecule has 0 aromatic heterocycles. The third-order valence-electron chi connectivity index (χ3n) is 3.69. The molecule has 0 amide bonds. The zero-order chi connectivity index (χ0) is 17.4. The fourth-order valence-corrected chi connectivity index (χ4v) is 2.44. The Bertz CT molecular complexity index is 626. The largest absolute Gasteiger partial charge is 0.490 e. The van der Waals surface area contributed by atoms with Gasteiger partial charge in [-0.1, -0.05) is 18.2 Å². The van der Waals surface area contributed by atoms with Gasteiger partial charge in [0.05, 0.1) is 6.61 Å². The van der Waals surface area contributed by atoms with Gasteiger partial charge < -0.3 is 14.4 Å². The molecule has 130 valence electrons. The number of halogens is 1. The molecule has 0 saturated heterocycles. The van der Waals surface area contributed by atoms with Crippen molar-refractivity contribution >= 4 is 0 Å². The molecule has 0 atom stereocenters. The highest BCUT2D eigenvalue weighted by molar-refractivity contribution is 5.43. The maximum atomic E-state index is 12.9. The van der Waals surface area contributed by atoms with E-state index < -0.39 is 0 Å². The van der Waals surface area contributed by atoms with Crippen LogP contribution in [-0.4, -0.2) is 32.1 Å². The van der Waals surface area contributed by atoms with E-state index in [1.807, 2.05) is 13.0 Å². The van der Waals surface area contributed by atoms with Crippen LogP contribution in [0.4, 0.5) is 4.39 Å². The molecule has 0 radical (unpaired) electrons. The number of benzene rings is 2. The fourth-order valence-electron chi connectivity index (χ4n) is 2.44. The maximum absolute atomic E-state index is 12.9. The van der Waals surface area contributed by atoms with Crippen LogP contribution in [0.3, 0.4) is 0 Å². The molecule has 24 heavy (non-hydrogen) atoms. The lowest BCUT2D eigenvalue weighted by molar-refractivity contribution is 0.269. The number of hydrogen-bond acceptors (Lipinski definition) is 3. The van der Waals surface area contributed by atoms with E-state index in [0.29, 0.717) is 13.2 Å². The van der Waals surface area contributed by atoms with Crippen LogP contribution in [0.25, 0.3) is 0 Å². The zero-order valence-electron chi connectivity index (χ0n) is 14.7. The first-order valence-electron chi connectivity index (χ1n) is 8.36. The summed E-state index contributed by atoms with van der Waals surface area (Å²) in [6.45, 7) is 4.00. The normalized spacial score (nSPS) is 10.9. The molecule has 0 fully saturated rings. The highest BCUT2D eigenvalue weighted by Crippen LogP contribution is 2.29. The molecular formula is C20H26FNO2. The summed E-state index contributed by atoms with van der Waals surface area (Å²) < 4.78 is 24.5. The standard InChI is InChI=1S/C20H26FNO2/c1-4-23-20-14-16(6-5-13-22(2)3)9-12-19(20)24-15-17-7-10-18(21)11-8-17/h7-12,14H,4-6,13,15H2,1-3H3. The second kappa shape index (κ2) is 9.28. The van der Waals surface area contributed by atoms with Gasteiger partial charge >= 0.3 is 0 Å². The summed E-state index contributed by atoms with van der Waals surface area (Å²) in [4.78, 5) is 2.18. The van der Waals surface area contributed by atoms with Crippen molar-refractivity contribution in [3.05, 3.63) is 59.4 Å². The van der Waals surface area contributed by atoms with E-state index in [-0.39, 0.29) is 5.82 Å². The number of ether oxygens (including phenoxy) is 2. The van der Waals surface area contributed by atoms with Gasteiger partial charge in [-0.05, 0) is 75.8 Å². The second-order valence-electron chi connectivity index (χ2n) is 6.04. The van der Waals surface area contributed by atoms with Crippen molar-refractivity contribution in [3.8, 4) is 11.5 Å². The van der Waals surface area contributed by atoms with Crippen molar-refractivity contribution in [2.24, 2.45) is 0 Å². The van der Waals surface area contributed by atoms with E-state index in [0.717, 1.165) is 36.4 Å². The van der Waals surface area contributed by atoms with Crippen LogP contribution in [0.1, 0.15) is 24.5 Å². The van der Waals surface area contributed by atoms with Crippen LogP contribution in [0, 0.1) is 5.82 Å². The molecule has 0 saturated carbocycles. The van der Waals surface area contributed by atoms with E-state index >= 15 is 0 Å². The van der Waals surface area contributed by atoms with Crippen molar-refractivity contribution in [1.29, 1.82) is 0 Å². The van der Waals surface area contributed by atoms with Gasteiger partial charge in [-0.2, -0.15) is 0 Å². The molecule has 0 bridgehead atoms. The summed E-state index contributed by atoms with van der Waals surface area (Å²) in [5.41, 5.74) is 2.17. The van der Waals surface area contributed by atoms with E-state index in [4.69, 9.17) is 9.47 Å². The molecule has 2 aromatic carbocycles. The van der Waals surface area contributed by atoms with E-state index in [9.17, 15) is 4.39 Å². The molecule has 0 aliphatic carbocycles. The van der Waals surface area contributed by atoms with Crippen molar-refractivity contribution < 1.29 is 13.9 Å². The molecule has 0 aliphatic heterocycles. The van der Waals surface area contributed by atoms with Gasteiger partial charge in [0, 0.05) is 0 Å². The van der Waals surface area contributed by atoms with E-state index in [1.54, 1.807) is 12.1 Å². The molecule has 0 unspecified atom stereocenters. The van der Waals surface area contributed by atoms with Crippen LogP contribution < -0.4 is 9.47 Å². The SMILES string of the molecule is CCOc1cc(CCCN(C)C)ccc1OCc1ccc(F)cc1. The van der Waals surface area contributed by atoms with Crippen molar-refractivity contribution in [2.75, 3.05) is 27.2 Å². The highest BCUT2D eigenvalue weighted by Gasteiger charge is 2.07. The lowest BCUT2D eigenvalue weighted by atomic mass is 10.1. The van der Waals surface area contributed by atoms with Gasteiger partial charge in [0.15, 0.2) is 11.5 Å². The van der Waals surface area contributed by atoms with Crippen LogP contribution in [0.5, 0.6) is 11.5 Å². The topological polar surface area (TPSA) is 21.7 Å². The Labute approximate surface area is 144 Å². The first-order chi connectivity index (χ1) is 11.6. The van der Waals surface area contributed by atoms with Gasteiger partial charge in [0.1, 0.15) is 12.4 Å². The summed E-state index contributed by atoms with van der Waals surface area (Å²) in [6, 6.07) is 12.4. The Morgan fingerprint density at radius 1 is 0.917 bits per heavy atom. The average Bonchev–Trinajstić information content (AvgIpc) is 2.55. The van der Waals surface area contributed by atoms with Gasteiger partial charge in [0.25, 0.3) is 0 Å². The Balaban J connectivity index is 2.01. The minimum absolute atomic E-state index is 0.240. The minimum atomic E-state index is -0.240. The van der Waals surface area contributed by atoms with Crippen molar-refractivity contribution in [1.82, 2.24) is 4.90 Å². The quantitative estimate of drug-likeness (QED) is 0.684. The number of nitrogens with zero attached hydrogens (tertiary/aromatic N) is 1. The maximum Gasteiger partial charge on any atom is 0.161 e. The predicted molar refractivity (Wildman–Crippen MR) is 95.2 cm³/mol. The van der Waals surface area contributed by atoms with Gasteiger partial charge in [-0.3, -0.25) is 0 Å². The van der Waals surface area contributed by atoms with Crippen molar-refractivity contribution in [2.45, 2.75) is 26.4 Å². The fraction of sp³-hybridized carbons (Fsp3) is 0.400. The number of hydrogen-bond donors (Lipinski definition) is 0. The predicted octanol–water partition coefficient (Wildman–Crippen LogP) is 4.30. The average molecular weight is 331 g/mol. The van der Waals surface area contributed by atoms with Crippen LogP contribution >= 0.6 is 0 Å². The molecular weight excluding hydrogens is 305 g/mol. The molecule has 0 spiro atoms. The molecule has 0 heterocycles. The minimum Gasteiger partial charge on any atom is -0.490 e. The summed E-state index contributed by atoms with van der Waals surface area (Å²) >= 11 is 0. The third kappa shape index (κ3) is 5.85. The Kier molecular flexibility index (Phi) is 7.07. The third-order valence-corrected chi connectivity index (χ3v) is 3.69. The lowest BCUT2D eigenvalue weighted by Crippen LogP contribution is -2.13. The van der Waals surface area contributed by atoms with Crippen LogP contribution in [0.2, 0.25) is 0 Å². The summed E-state index contributed by atoms with van der Waals surface area (Å²) in [5, 5.41) is 0. The molecule has 3 nitrogen and oxygen atoms in total. The van der Waals surface area contributed by atoms with Crippen LogP contribution in [-0.2, 0) is 13.0 Å². The molecule has 0 N–H and O–H groups in total. The van der Waals surface area contributed by atoms with Gasteiger partial charge in [-0.15, -0.1) is 0 Å². The number of aryl methyl sites for hydroxylation is 1. The van der Waals surface area contributed by atoms with E-state index in [1.165, 1.54) is 17.7 Å². The second-order valence-corrected chi connectivity index (χ2v) is 6.04. The molecule has 0 aliphatic rings.